The number of rotatable bonds is 4. The lowest BCUT2D eigenvalue weighted by Gasteiger charge is -2.31. The van der Waals surface area contributed by atoms with Gasteiger partial charge in [0.05, 0.1) is 0 Å². The van der Waals surface area contributed by atoms with Crippen molar-refractivity contribution in [3.63, 3.8) is 0 Å². The van der Waals surface area contributed by atoms with Crippen molar-refractivity contribution in [2.45, 2.75) is 19.5 Å². The van der Waals surface area contributed by atoms with Gasteiger partial charge in [0.15, 0.2) is 13.5 Å². The van der Waals surface area contributed by atoms with Gasteiger partial charge in [0.2, 0.25) is 0 Å². The highest BCUT2D eigenvalue weighted by Gasteiger charge is 2.19. The maximum absolute atomic E-state index is 5.97. The van der Waals surface area contributed by atoms with Crippen LogP contribution in [0.2, 0.25) is 0 Å². The first-order valence-electron chi connectivity index (χ1n) is 11.4. The Hall–Kier alpha value is -3.92. The Balaban J connectivity index is 1.18. The van der Waals surface area contributed by atoms with Crippen LogP contribution in [0.3, 0.4) is 0 Å². The number of nitrogens with zero attached hydrogens (tertiary/aromatic N) is 2. The van der Waals surface area contributed by atoms with E-state index in [1.807, 2.05) is 24.3 Å². The molecule has 0 saturated heterocycles. The van der Waals surface area contributed by atoms with Crippen LogP contribution in [-0.4, -0.2) is 13.5 Å². The van der Waals surface area contributed by atoms with Gasteiger partial charge in [0.1, 0.15) is 11.5 Å². The SMILES string of the molecule is c1cc(Cc2cccc(N3COc4ccccc4C3)c2)cc(N2COc3ccccc3C2)c1. The third kappa shape index (κ3) is 4.12. The molecule has 0 atom stereocenters. The third-order valence-corrected chi connectivity index (χ3v) is 6.38. The molecule has 33 heavy (non-hydrogen) atoms. The van der Waals surface area contributed by atoms with Crippen LogP contribution >= 0.6 is 0 Å². The normalized spacial score (nSPS) is 14.7. The van der Waals surface area contributed by atoms with Crippen molar-refractivity contribution in [1.82, 2.24) is 0 Å². The lowest BCUT2D eigenvalue weighted by atomic mass is 10.0. The Bertz CT molecular complexity index is 1190. The van der Waals surface area contributed by atoms with E-state index >= 15 is 0 Å². The molecule has 4 aromatic carbocycles. The van der Waals surface area contributed by atoms with Crippen molar-refractivity contribution in [3.8, 4) is 11.5 Å². The molecule has 164 valence electrons. The van der Waals surface area contributed by atoms with Crippen LogP contribution in [0.15, 0.2) is 97.1 Å². The third-order valence-electron chi connectivity index (χ3n) is 6.38. The summed E-state index contributed by atoms with van der Waals surface area (Å²) in [6, 6.07) is 34.1. The molecule has 6 rings (SSSR count). The summed E-state index contributed by atoms with van der Waals surface area (Å²) in [6.07, 6.45) is 0.887. The van der Waals surface area contributed by atoms with Crippen molar-refractivity contribution in [2.75, 3.05) is 23.3 Å². The molecule has 0 aliphatic carbocycles. The molecule has 4 heteroatoms. The molecule has 0 N–H and O–H groups in total. The average molecular weight is 435 g/mol. The van der Waals surface area contributed by atoms with Crippen LogP contribution in [-0.2, 0) is 19.5 Å². The highest BCUT2D eigenvalue weighted by molar-refractivity contribution is 5.54. The second kappa shape index (κ2) is 8.55. The van der Waals surface area contributed by atoms with Gasteiger partial charge in [-0.1, -0.05) is 60.7 Å². The Morgan fingerprint density at radius 3 is 1.55 bits per heavy atom. The van der Waals surface area contributed by atoms with Crippen LogP contribution in [0, 0.1) is 0 Å². The fourth-order valence-corrected chi connectivity index (χ4v) is 4.64. The first-order valence-corrected chi connectivity index (χ1v) is 11.4. The summed E-state index contributed by atoms with van der Waals surface area (Å²) in [5.41, 5.74) is 7.44. The maximum atomic E-state index is 5.97. The van der Waals surface area contributed by atoms with Gasteiger partial charge in [-0.15, -0.1) is 0 Å². The van der Waals surface area contributed by atoms with E-state index in [0.29, 0.717) is 13.5 Å². The van der Waals surface area contributed by atoms with E-state index in [4.69, 9.17) is 9.47 Å². The Morgan fingerprint density at radius 2 is 1.03 bits per heavy atom. The molecule has 2 heterocycles. The second-order valence-corrected chi connectivity index (χ2v) is 8.67. The summed E-state index contributed by atoms with van der Waals surface area (Å²) < 4.78 is 11.9. The minimum Gasteiger partial charge on any atom is -0.473 e. The smallest absolute Gasteiger partial charge is 0.161 e. The van der Waals surface area contributed by atoms with Crippen LogP contribution in [0.4, 0.5) is 11.4 Å². The molecule has 2 aliphatic rings. The lowest BCUT2D eigenvalue weighted by molar-refractivity contribution is 0.289. The van der Waals surface area contributed by atoms with E-state index < -0.39 is 0 Å². The first kappa shape index (κ1) is 19.7. The van der Waals surface area contributed by atoms with Crippen molar-refractivity contribution >= 4 is 11.4 Å². The van der Waals surface area contributed by atoms with Crippen LogP contribution in [0.5, 0.6) is 11.5 Å². The number of anilines is 2. The summed E-state index contributed by atoms with van der Waals surface area (Å²) >= 11 is 0. The number of benzene rings is 4. The largest absolute Gasteiger partial charge is 0.473 e. The summed E-state index contributed by atoms with van der Waals surface area (Å²) in [4.78, 5) is 4.57. The standard InChI is InChI=1S/C29H26N2O2/c1-3-13-28-24(9-1)18-30(20-32-28)26-11-5-7-22(16-26)15-23-8-6-12-27(17-23)31-19-25-10-2-4-14-29(25)33-21-31/h1-14,16-17H,15,18-21H2. The molecule has 0 radical (unpaired) electrons. The lowest BCUT2D eigenvalue weighted by Crippen LogP contribution is -2.31. The van der Waals surface area contributed by atoms with Gasteiger partial charge in [0.25, 0.3) is 0 Å². The van der Waals surface area contributed by atoms with E-state index in [1.54, 1.807) is 0 Å². The van der Waals surface area contributed by atoms with Crippen molar-refractivity contribution in [2.24, 2.45) is 0 Å². The predicted octanol–water partition coefficient (Wildman–Crippen LogP) is 5.99. The summed E-state index contributed by atoms with van der Waals surface area (Å²) in [6.45, 7) is 2.88. The van der Waals surface area contributed by atoms with E-state index in [-0.39, 0.29) is 0 Å². The zero-order chi connectivity index (χ0) is 22.0. The molecule has 0 unspecified atom stereocenters. The molecule has 0 spiro atoms. The molecule has 0 saturated carbocycles. The van der Waals surface area contributed by atoms with Gasteiger partial charge in [-0.05, 0) is 53.9 Å². The van der Waals surface area contributed by atoms with Gasteiger partial charge in [-0.2, -0.15) is 0 Å². The van der Waals surface area contributed by atoms with Crippen molar-refractivity contribution in [3.05, 3.63) is 119 Å². The minimum atomic E-state index is 0.576. The molecular formula is C29H26N2O2. The summed E-state index contributed by atoms with van der Waals surface area (Å²) in [5, 5.41) is 0. The van der Waals surface area contributed by atoms with Crippen LogP contribution < -0.4 is 19.3 Å². The number of fused-ring (bicyclic) bond motifs is 2. The second-order valence-electron chi connectivity index (χ2n) is 8.67. The molecule has 0 bridgehead atoms. The summed E-state index contributed by atoms with van der Waals surface area (Å²) in [5.74, 6) is 1.98. The minimum absolute atomic E-state index is 0.576. The van der Waals surface area contributed by atoms with Gasteiger partial charge in [-0.3, -0.25) is 0 Å². The van der Waals surface area contributed by atoms with E-state index in [2.05, 4.69) is 82.6 Å². The van der Waals surface area contributed by atoms with Gasteiger partial charge in [-0.25, -0.2) is 0 Å². The number of hydrogen-bond acceptors (Lipinski definition) is 4. The Kier molecular flexibility index (Phi) is 5.11. The number of hydrogen-bond donors (Lipinski definition) is 0. The number of ether oxygens (including phenoxy) is 2. The monoisotopic (exact) mass is 434 g/mol. The quantitative estimate of drug-likeness (QED) is 0.394. The van der Waals surface area contributed by atoms with E-state index in [1.165, 1.54) is 33.6 Å². The fraction of sp³-hybridized carbons (Fsp3) is 0.172. The highest BCUT2D eigenvalue weighted by Crippen LogP contribution is 2.30. The van der Waals surface area contributed by atoms with Crippen LogP contribution in [0.1, 0.15) is 22.3 Å². The zero-order valence-corrected chi connectivity index (χ0v) is 18.5. The first-order chi connectivity index (χ1) is 16.3. The highest BCUT2D eigenvalue weighted by atomic mass is 16.5. The van der Waals surface area contributed by atoms with Crippen molar-refractivity contribution < 1.29 is 9.47 Å². The van der Waals surface area contributed by atoms with E-state index in [0.717, 1.165) is 31.0 Å². The van der Waals surface area contributed by atoms with E-state index in [9.17, 15) is 0 Å². The number of para-hydroxylation sites is 2. The van der Waals surface area contributed by atoms with Crippen LogP contribution in [0.25, 0.3) is 0 Å². The topological polar surface area (TPSA) is 24.9 Å². The fourth-order valence-electron chi connectivity index (χ4n) is 4.64. The van der Waals surface area contributed by atoms with Gasteiger partial charge >= 0.3 is 0 Å². The molecule has 0 amide bonds. The molecule has 2 aliphatic heterocycles. The molecule has 4 nitrogen and oxygen atoms in total. The maximum Gasteiger partial charge on any atom is 0.161 e. The average Bonchev–Trinajstić information content (AvgIpc) is 2.88. The Labute approximate surface area is 194 Å². The zero-order valence-electron chi connectivity index (χ0n) is 18.5. The molecule has 0 fully saturated rings. The summed E-state index contributed by atoms with van der Waals surface area (Å²) in [7, 11) is 0. The molecular weight excluding hydrogens is 408 g/mol. The predicted molar refractivity (Wildman–Crippen MR) is 132 cm³/mol. The molecule has 0 aromatic heterocycles. The Morgan fingerprint density at radius 1 is 0.545 bits per heavy atom. The van der Waals surface area contributed by atoms with Gasteiger partial charge in [0, 0.05) is 35.6 Å². The van der Waals surface area contributed by atoms with Gasteiger partial charge < -0.3 is 19.3 Å². The molecule has 4 aromatic rings. The van der Waals surface area contributed by atoms with Crippen molar-refractivity contribution in [1.29, 1.82) is 0 Å².